The SMILES string of the molecule is O=C1c2c(c3c(-c4ccc(F)cc4)cc(=O)c4cccc2n34)C(=O)N1c1ccccc1. The van der Waals surface area contributed by atoms with E-state index < -0.39 is 17.6 Å². The Labute approximate surface area is 174 Å². The number of benzene rings is 2. The van der Waals surface area contributed by atoms with Gasteiger partial charge in [0.05, 0.1) is 33.4 Å². The lowest BCUT2D eigenvalue weighted by atomic mass is 10.0. The number of hydrogen-bond donors (Lipinski definition) is 0. The van der Waals surface area contributed by atoms with Gasteiger partial charge in [0.2, 0.25) is 5.43 Å². The first-order chi connectivity index (χ1) is 15.1. The molecule has 1 aliphatic heterocycles. The Morgan fingerprint density at radius 1 is 0.677 bits per heavy atom. The quantitative estimate of drug-likeness (QED) is 0.404. The predicted octanol–water partition coefficient (Wildman–Crippen LogP) is 4.50. The van der Waals surface area contributed by atoms with Gasteiger partial charge in [0.25, 0.3) is 11.8 Å². The molecule has 1 aliphatic rings. The Bertz CT molecular complexity index is 1590. The number of nitrogens with zero attached hydrogens (tertiary/aromatic N) is 2. The lowest BCUT2D eigenvalue weighted by Crippen LogP contribution is -2.30. The Balaban J connectivity index is 1.74. The highest BCUT2D eigenvalue weighted by Crippen LogP contribution is 2.40. The second-order valence-corrected chi connectivity index (χ2v) is 7.44. The highest BCUT2D eigenvalue weighted by Gasteiger charge is 2.42. The molecule has 0 bridgehead atoms. The van der Waals surface area contributed by atoms with Gasteiger partial charge >= 0.3 is 0 Å². The van der Waals surface area contributed by atoms with Gasteiger partial charge in [-0.1, -0.05) is 36.4 Å². The van der Waals surface area contributed by atoms with Gasteiger partial charge in [-0.05, 0) is 48.0 Å². The maximum Gasteiger partial charge on any atom is 0.268 e. The van der Waals surface area contributed by atoms with Crippen molar-refractivity contribution in [3.05, 3.63) is 106 Å². The maximum absolute atomic E-state index is 13.5. The fraction of sp³-hybridized carbons (Fsp3) is 0. The van der Waals surface area contributed by atoms with Gasteiger partial charge in [-0.25, -0.2) is 9.29 Å². The van der Waals surface area contributed by atoms with Crippen molar-refractivity contribution in [1.29, 1.82) is 0 Å². The van der Waals surface area contributed by atoms with E-state index in [0.29, 0.717) is 33.4 Å². The van der Waals surface area contributed by atoms with Gasteiger partial charge in [-0.2, -0.15) is 0 Å². The van der Waals surface area contributed by atoms with Crippen LogP contribution in [0.1, 0.15) is 20.7 Å². The van der Waals surface area contributed by atoms with E-state index in [4.69, 9.17) is 0 Å². The molecular weight excluding hydrogens is 395 g/mol. The molecule has 5 aromatic rings. The number of aromatic nitrogens is 1. The highest BCUT2D eigenvalue weighted by atomic mass is 19.1. The first kappa shape index (κ1) is 17.5. The summed E-state index contributed by atoms with van der Waals surface area (Å²) in [5.41, 5.74) is 3.18. The molecule has 0 radical (unpaired) electrons. The molecule has 0 atom stereocenters. The van der Waals surface area contributed by atoms with E-state index in [0.717, 1.165) is 4.90 Å². The predicted molar refractivity (Wildman–Crippen MR) is 115 cm³/mol. The molecule has 5 nitrogen and oxygen atoms in total. The monoisotopic (exact) mass is 408 g/mol. The second-order valence-electron chi connectivity index (χ2n) is 7.44. The van der Waals surface area contributed by atoms with Crippen molar-refractivity contribution in [2.45, 2.75) is 0 Å². The van der Waals surface area contributed by atoms with Crippen molar-refractivity contribution < 1.29 is 14.0 Å². The number of anilines is 1. The van der Waals surface area contributed by atoms with Crippen LogP contribution in [0.25, 0.3) is 27.7 Å². The minimum absolute atomic E-state index is 0.245. The minimum atomic E-state index is -0.446. The number of halogens is 1. The fourth-order valence-electron chi connectivity index (χ4n) is 4.43. The summed E-state index contributed by atoms with van der Waals surface area (Å²) in [5, 5.41) is 0. The number of hydrogen-bond acceptors (Lipinski definition) is 3. The highest BCUT2D eigenvalue weighted by molar-refractivity contribution is 6.39. The van der Waals surface area contributed by atoms with Crippen LogP contribution >= 0.6 is 0 Å². The molecule has 0 saturated heterocycles. The van der Waals surface area contributed by atoms with Crippen molar-refractivity contribution in [1.82, 2.24) is 4.40 Å². The Kier molecular flexibility index (Phi) is 3.44. The van der Waals surface area contributed by atoms with Crippen molar-refractivity contribution in [3.63, 3.8) is 0 Å². The molecule has 3 aromatic heterocycles. The molecule has 0 N–H and O–H groups in total. The largest absolute Gasteiger partial charge is 0.305 e. The fourth-order valence-corrected chi connectivity index (χ4v) is 4.43. The summed E-state index contributed by atoms with van der Waals surface area (Å²) in [6.07, 6.45) is 0. The summed E-state index contributed by atoms with van der Waals surface area (Å²) in [7, 11) is 0. The molecule has 0 aliphatic carbocycles. The molecule has 0 unspecified atom stereocenters. The third-order valence-electron chi connectivity index (χ3n) is 5.74. The molecule has 6 rings (SSSR count). The van der Waals surface area contributed by atoms with Crippen LogP contribution < -0.4 is 10.3 Å². The van der Waals surface area contributed by atoms with E-state index >= 15 is 0 Å². The average Bonchev–Trinajstić information content (AvgIpc) is 3.26. The van der Waals surface area contributed by atoms with Crippen LogP contribution in [0.3, 0.4) is 0 Å². The Morgan fingerprint density at radius 3 is 2.10 bits per heavy atom. The number of fused-ring (bicyclic) bond motifs is 3. The van der Waals surface area contributed by atoms with Gasteiger partial charge in [-0.15, -0.1) is 0 Å². The molecule has 2 amide bonds. The van der Waals surface area contributed by atoms with E-state index in [-0.39, 0.29) is 16.6 Å². The van der Waals surface area contributed by atoms with Crippen LogP contribution in [0, 0.1) is 5.82 Å². The van der Waals surface area contributed by atoms with Crippen molar-refractivity contribution in [2.75, 3.05) is 4.90 Å². The van der Waals surface area contributed by atoms with E-state index in [9.17, 15) is 18.8 Å². The number of amides is 2. The summed E-state index contributed by atoms with van der Waals surface area (Å²) in [4.78, 5) is 40.9. The van der Waals surface area contributed by atoms with Gasteiger partial charge in [0.15, 0.2) is 0 Å². The van der Waals surface area contributed by atoms with Crippen molar-refractivity contribution in [3.8, 4) is 11.1 Å². The van der Waals surface area contributed by atoms with Crippen LogP contribution in [0.2, 0.25) is 0 Å². The lowest BCUT2D eigenvalue weighted by Gasteiger charge is -2.16. The van der Waals surface area contributed by atoms with Crippen LogP contribution in [-0.2, 0) is 0 Å². The topological polar surface area (TPSA) is 58.9 Å². The van der Waals surface area contributed by atoms with Gasteiger partial charge in [0, 0.05) is 5.56 Å². The number of rotatable bonds is 2. The average molecular weight is 408 g/mol. The minimum Gasteiger partial charge on any atom is -0.305 e. The van der Waals surface area contributed by atoms with E-state index in [1.807, 2.05) is 6.07 Å². The zero-order chi connectivity index (χ0) is 21.3. The molecule has 6 heteroatoms. The number of pyridine rings is 2. The second kappa shape index (κ2) is 6.09. The lowest BCUT2D eigenvalue weighted by molar-refractivity contribution is 0.0926. The normalized spacial score (nSPS) is 13.5. The Morgan fingerprint density at radius 2 is 1.35 bits per heavy atom. The number of para-hydroxylation sites is 1. The maximum atomic E-state index is 13.5. The van der Waals surface area contributed by atoms with Gasteiger partial charge in [-0.3, -0.25) is 14.4 Å². The van der Waals surface area contributed by atoms with E-state index in [2.05, 4.69) is 0 Å². The smallest absolute Gasteiger partial charge is 0.268 e. The Hall–Kier alpha value is -4.32. The number of carbonyl (C=O) groups is 2. The zero-order valence-corrected chi connectivity index (χ0v) is 16.0. The van der Waals surface area contributed by atoms with Crippen molar-refractivity contribution >= 4 is 34.1 Å². The molecule has 148 valence electrons. The van der Waals surface area contributed by atoms with E-state index in [1.165, 1.54) is 18.2 Å². The molecule has 4 heterocycles. The molecule has 0 fully saturated rings. The third kappa shape index (κ3) is 2.27. The summed E-state index contributed by atoms with van der Waals surface area (Å²) >= 11 is 0. The first-order valence-electron chi connectivity index (χ1n) is 9.70. The van der Waals surface area contributed by atoms with Gasteiger partial charge in [0.1, 0.15) is 5.82 Å². The summed E-state index contributed by atoms with van der Waals surface area (Å²) in [6.45, 7) is 0. The molecule has 31 heavy (non-hydrogen) atoms. The van der Waals surface area contributed by atoms with E-state index in [1.54, 1.807) is 59.0 Å². The third-order valence-corrected chi connectivity index (χ3v) is 5.74. The van der Waals surface area contributed by atoms with Crippen LogP contribution in [0.4, 0.5) is 10.1 Å². The summed E-state index contributed by atoms with van der Waals surface area (Å²) < 4.78 is 15.2. The molecule has 0 saturated carbocycles. The van der Waals surface area contributed by atoms with Gasteiger partial charge < -0.3 is 4.40 Å². The van der Waals surface area contributed by atoms with Crippen LogP contribution in [0.15, 0.2) is 83.7 Å². The van der Waals surface area contributed by atoms with Crippen LogP contribution in [-0.4, -0.2) is 16.2 Å². The molecule has 2 aromatic carbocycles. The number of imide groups is 1. The standard InChI is InChI=1S/C25H13FN2O3/c26-15-11-9-14(10-12-15)17-13-20(29)18-7-4-8-19-21-22(23(17)28(18)19)25(31)27(24(21)30)16-5-2-1-3-6-16/h1-13H. The zero-order valence-electron chi connectivity index (χ0n) is 16.0. The number of carbonyl (C=O) groups excluding carboxylic acids is 2. The summed E-state index contributed by atoms with van der Waals surface area (Å²) in [6, 6.07) is 21.0. The summed E-state index contributed by atoms with van der Waals surface area (Å²) in [5.74, 6) is -1.28. The van der Waals surface area contributed by atoms with Crippen LogP contribution in [0.5, 0.6) is 0 Å². The van der Waals surface area contributed by atoms with Crippen molar-refractivity contribution in [2.24, 2.45) is 0 Å². The first-order valence-corrected chi connectivity index (χ1v) is 9.70. The molecule has 0 spiro atoms. The molecular formula is C25H13FN2O3.